The van der Waals surface area contributed by atoms with Gasteiger partial charge < -0.3 is 5.11 Å². The van der Waals surface area contributed by atoms with Crippen LogP contribution in [-0.2, 0) is 4.79 Å². The van der Waals surface area contributed by atoms with Crippen LogP contribution in [0.1, 0.15) is 20.8 Å². The third-order valence-electron chi connectivity index (χ3n) is 2.99. The molecule has 20 heavy (non-hydrogen) atoms. The number of hydrogen-bond acceptors (Lipinski definition) is 3. The van der Waals surface area contributed by atoms with Crippen molar-refractivity contribution in [3.63, 3.8) is 0 Å². The molecule has 2 N–H and O–H groups in total. The van der Waals surface area contributed by atoms with Crippen LogP contribution in [0.5, 0.6) is 0 Å². The summed E-state index contributed by atoms with van der Waals surface area (Å²) in [4.78, 5) is 11.3. The molecule has 2 aromatic rings. The van der Waals surface area contributed by atoms with E-state index in [0.717, 1.165) is 16.5 Å². The predicted octanol–water partition coefficient (Wildman–Crippen LogP) is 3.74. The van der Waals surface area contributed by atoms with Crippen LogP contribution in [0.4, 0.5) is 5.69 Å². The largest absolute Gasteiger partial charge is 0.477 e. The molecule has 4 heteroatoms. The second-order valence-electron chi connectivity index (χ2n) is 5.65. The van der Waals surface area contributed by atoms with Crippen LogP contribution in [0.15, 0.2) is 47.6 Å². The molecule has 0 aliphatic heterocycles. The zero-order chi connectivity index (χ0) is 14.8. The van der Waals surface area contributed by atoms with Gasteiger partial charge in [-0.15, -0.1) is 0 Å². The molecule has 0 aliphatic rings. The zero-order valence-corrected chi connectivity index (χ0v) is 11.8. The Hall–Kier alpha value is -2.36. The summed E-state index contributed by atoms with van der Waals surface area (Å²) in [6.07, 6.45) is 0. The Balaban J connectivity index is 2.40. The Kier molecular flexibility index (Phi) is 3.74. The Bertz CT molecular complexity index is 664. The van der Waals surface area contributed by atoms with Crippen molar-refractivity contribution in [2.75, 3.05) is 5.43 Å². The minimum atomic E-state index is -1.01. The maximum Gasteiger partial charge on any atom is 0.352 e. The van der Waals surface area contributed by atoms with Gasteiger partial charge in [0.2, 0.25) is 0 Å². The molecule has 0 spiro atoms. The Morgan fingerprint density at radius 1 is 1.10 bits per heavy atom. The molecule has 104 valence electrons. The van der Waals surface area contributed by atoms with Crippen LogP contribution in [0.3, 0.4) is 0 Å². The third kappa shape index (κ3) is 2.96. The summed E-state index contributed by atoms with van der Waals surface area (Å²) in [6.45, 7) is 5.47. The molecule has 0 aliphatic carbocycles. The van der Waals surface area contributed by atoms with Crippen molar-refractivity contribution in [2.24, 2.45) is 10.5 Å². The van der Waals surface area contributed by atoms with Crippen molar-refractivity contribution in [1.29, 1.82) is 0 Å². The molecule has 2 rings (SSSR count). The highest BCUT2D eigenvalue weighted by Gasteiger charge is 2.25. The average molecular weight is 270 g/mol. The second-order valence-corrected chi connectivity index (χ2v) is 5.65. The number of nitrogens with zero attached hydrogens (tertiary/aromatic N) is 1. The number of fused-ring (bicyclic) bond motifs is 1. The fourth-order valence-corrected chi connectivity index (χ4v) is 1.98. The Labute approximate surface area is 118 Å². The summed E-state index contributed by atoms with van der Waals surface area (Å²) in [7, 11) is 0. The molecular weight excluding hydrogens is 252 g/mol. The molecule has 0 atom stereocenters. The standard InChI is InChI=1S/C16H18N2O2/c1-16(2,3)14(15(19)20)18-17-13-10-6-8-11-7-4-5-9-12(11)13/h4-10,17H,1-3H3,(H,19,20)/b18-14-. The number of aliphatic carboxylic acids is 1. The fourth-order valence-electron chi connectivity index (χ4n) is 1.98. The van der Waals surface area contributed by atoms with Crippen LogP contribution >= 0.6 is 0 Å². The highest BCUT2D eigenvalue weighted by Crippen LogP contribution is 2.24. The van der Waals surface area contributed by atoms with Crippen LogP contribution < -0.4 is 5.43 Å². The van der Waals surface area contributed by atoms with E-state index in [0.29, 0.717) is 0 Å². The molecule has 0 saturated heterocycles. The SMILES string of the molecule is CC(C)(C)/C(=N\Nc1cccc2ccccc12)C(=O)O. The predicted molar refractivity (Wildman–Crippen MR) is 82.1 cm³/mol. The molecule has 0 bridgehead atoms. The summed E-state index contributed by atoms with van der Waals surface area (Å²) < 4.78 is 0. The smallest absolute Gasteiger partial charge is 0.352 e. The van der Waals surface area contributed by atoms with Crippen LogP contribution in [0.25, 0.3) is 10.8 Å². The number of anilines is 1. The number of carbonyl (C=O) groups is 1. The van der Waals surface area contributed by atoms with E-state index in [1.807, 2.05) is 63.2 Å². The molecule has 2 aromatic carbocycles. The first-order chi connectivity index (χ1) is 9.39. The lowest BCUT2D eigenvalue weighted by Crippen LogP contribution is -2.29. The number of carboxylic acids is 1. The van der Waals surface area contributed by atoms with Gasteiger partial charge in [0.05, 0.1) is 5.69 Å². The van der Waals surface area contributed by atoms with Crippen molar-refractivity contribution in [2.45, 2.75) is 20.8 Å². The number of hydrazone groups is 1. The molecule has 0 fully saturated rings. The van der Waals surface area contributed by atoms with E-state index < -0.39 is 11.4 Å². The van der Waals surface area contributed by atoms with Crippen molar-refractivity contribution in [1.82, 2.24) is 0 Å². The first-order valence-electron chi connectivity index (χ1n) is 6.45. The van der Waals surface area contributed by atoms with Crippen LogP contribution in [-0.4, -0.2) is 16.8 Å². The van der Waals surface area contributed by atoms with E-state index in [2.05, 4.69) is 10.5 Å². The number of hydrogen-bond donors (Lipinski definition) is 2. The van der Waals surface area contributed by atoms with E-state index in [1.165, 1.54) is 0 Å². The van der Waals surface area contributed by atoms with Gasteiger partial charge in [-0.25, -0.2) is 4.79 Å². The Morgan fingerprint density at radius 2 is 1.75 bits per heavy atom. The lowest BCUT2D eigenvalue weighted by molar-refractivity contribution is -0.129. The van der Waals surface area contributed by atoms with Crippen LogP contribution in [0.2, 0.25) is 0 Å². The van der Waals surface area contributed by atoms with Crippen molar-refractivity contribution in [3.8, 4) is 0 Å². The first-order valence-corrected chi connectivity index (χ1v) is 6.45. The fraction of sp³-hybridized carbons (Fsp3) is 0.250. The summed E-state index contributed by atoms with van der Waals surface area (Å²) in [5.41, 5.74) is 3.26. The third-order valence-corrected chi connectivity index (χ3v) is 2.99. The molecule has 0 aromatic heterocycles. The molecule has 0 saturated carbocycles. The maximum absolute atomic E-state index is 11.3. The van der Waals surface area contributed by atoms with Gasteiger partial charge >= 0.3 is 5.97 Å². The summed E-state index contributed by atoms with van der Waals surface area (Å²) in [5, 5.41) is 15.4. The van der Waals surface area contributed by atoms with Gasteiger partial charge in [0.1, 0.15) is 0 Å². The van der Waals surface area contributed by atoms with E-state index in [4.69, 9.17) is 0 Å². The normalized spacial score (nSPS) is 12.4. The van der Waals surface area contributed by atoms with E-state index in [9.17, 15) is 9.90 Å². The average Bonchev–Trinajstić information content (AvgIpc) is 2.37. The van der Waals surface area contributed by atoms with Crippen molar-refractivity contribution >= 4 is 28.1 Å². The quantitative estimate of drug-likeness (QED) is 0.659. The highest BCUT2D eigenvalue weighted by molar-refractivity contribution is 6.37. The number of nitrogens with one attached hydrogen (secondary N) is 1. The first kappa shape index (κ1) is 14.1. The lowest BCUT2D eigenvalue weighted by atomic mass is 9.90. The van der Waals surface area contributed by atoms with E-state index >= 15 is 0 Å². The molecule has 0 radical (unpaired) electrons. The molecular formula is C16H18N2O2. The maximum atomic E-state index is 11.3. The summed E-state index contributed by atoms with van der Waals surface area (Å²) in [6, 6.07) is 13.7. The van der Waals surface area contributed by atoms with E-state index in [1.54, 1.807) is 0 Å². The summed E-state index contributed by atoms with van der Waals surface area (Å²) in [5.74, 6) is -1.01. The van der Waals surface area contributed by atoms with Gasteiger partial charge in [0.15, 0.2) is 5.71 Å². The van der Waals surface area contributed by atoms with Gasteiger partial charge in [-0.1, -0.05) is 57.2 Å². The number of benzene rings is 2. The number of rotatable bonds is 3. The molecule has 4 nitrogen and oxygen atoms in total. The minimum Gasteiger partial charge on any atom is -0.477 e. The molecule has 0 heterocycles. The lowest BCUT2D eigenvalue weighted by Gasteiger charge is -2.18. The molecule has 0 unspecified atom stereocenters. The summed E-state index contributed by atoms with van der Waals surface area (Å²) >= 11 is 0. The van der Waals surface area contributed by atoms with Crippen molar-refractivity contribution in [3.05, 3.63) is 42.5 Å². The van der Waals surface area contributed by atoms with Gasteiger partial charge in [-0.05, 0) is 11.5 Å². The minimum absolute atomic E-state index is 0.102. The van der Waals surface area contributed by atoms with Gasteiger partial charge in [0, 0.05) is 10.8 Å². The van der Waals surface area contributed by atoms with Gasteiger partial charge in [0.25, 0.3) is 0 Å². The topological polar surface area (TPSA) is 61.7 Å². The number of carboxylic acid groups (broad SMARTS) is 1. The Morgan fingerprint density at radius 3 is 2.40 bits per heavy atom. The van der Waals surface area contributed by atoms with Crippen LogP contribution in [0, 0.1) is 5.41 Å². The van der Waals surface area contributed by atoms with Gasteiger partial charge in [-0.2, -0.15) is 5.10 Å². The zero-order valence-electron chi connectivity index (χ0n) is 11.8. The monoisotopic (exact) mass is 270 g/mol. The highest BCUT2D eigenvalue weighted by atomic mass is 16.4. The van der Waals surface area contributed by atoms with E-state index in [-0.39, 0.29) is 5.71 Å². The molecule has 0 amide bonds. The second kappa shape index (κ2) is 5.33. The van der Waals surface area contributed by atoms with Gasteiger partial charge in [-0.3, -0.25) is 5.43 Å². The van der Waals surface area contributed by atoms with Crippen molar-refractivity contribution < 1.29 is 9.90 Å².